The van der Waals surface area contributed by atoms with Crippen molar-refractivity contribution >= 4 is 32.4 Å². The zero-order valence-corrected chi connectivity index (χ0v) is 21.6. The average molecular weight is 486 g/mol. The minimum atomic E-state index is -0.154. The van der Waals surface area contributed by atoms with Gasteiger partial charge in [0.2, 0.25) is 0 Å². The van der Waals surface area contributed by atoms with E-state index in [1.54, 1.807) is 0 Å². The number of nitrogens with zero attached hydrogens (tertiary/aromatic N) is 1. The lowest BCUT2D eigenvalue weighted by Gasteiger charge is -2.23. The summed E-state index contributed by atoms with van der Waals surface area (Å²) < 4.78 is 2.54. The van der Waals surface area contributed by atoms with Crippen LogP contribution in [-0.4, -0.2) is 4.57 Å². The number of benzene rings is 6. The van der Waals surface area contributed by atoms with Crippen LogP contribution in [0.4, 0.5) is 0 Å². The second-order valence-electron chi connectivity index (χ2n) is 11.0. The molecular formula is C37H27N. The molecular weight excluding hydrogens is 458 g/mol. The van der Waals surface area contributed by atoms with Crippen LogP contribution in [0.5, 0.6) is 0 Å². The fourth-order valence-corrected chi connectivity index (χ4v) is 6.86. The van der Waals surface area contributed by atoms with Crippen molar-refractivity contribution in [3.8, 4) is 28.1 Å². The van der Waals surface area contributed by atoms with E-state index >= 15 is 0 Å². The van der Waals surface area contributed by atoms with Gasteiger partial charge in [-0.25, -0.2) is 0 Å². The highest BCUT2D eigenvalue weighted by Crippen LogP contribution is 2.56. The van der Waals surface area contributed by atoms with E-state index in [-0.39, 0.29) is 5.41 Å². The predicted molar refractivity (Wildman–Crippen MR) is 161 cm³/mol. The molecule has 38 heavy (non-hydrogen) atoms. The van der Waals surface area contributed by atoms with E-state index in [4.69, 9.17) is 0 Å². The molecule has 1 heterocycles. The van der Waals surface area contributed by atoms with E-state index in [1.165, 1.54) is 71.6 Å². The smallest absolute Gasteiger partial charge is 0.0623 e. The Hall–Kier alpha value is -4.62. The van der Waals surface area contributed by atoms with E-state index in [1.807, 2.05) is 0 Å². The standard InChI is InChI=1S/C37H27N/c1-37(2)32-23-25(24-13-5-3-6-14-24)21-22-31(32)36-34(37)33-29-19-11-9-17-27(29)28-18-10-12-20-30(28)35(33)38(36)26-15-7-4-8-16-26/h3-23H,1-2H3. The lowest BCUT2D eigenvalue weighted by atomic mass is 9.79. The van der Waals surface area contributed by atoms with E-state index in [0.29, 0.717) is 0 Å². The van der Waals surface area contributed by atoms with Crippen LogP contribution in [0.15, 0.2) is 127 Å². The van der Waals surface area contributed by atoms with Gasteiger partial charge in [0.25, 0.3) is 0 Å². The summed E-state index contributed by atoms with van der Waals surface area (Å²) in [5, 5.41) is 6.64. The lowest BCUT2D eigenvalue weighted by Crippen LogP contribution is -2.15. The molecule has 0 fully saturated rings. The Morgan fingerprint density at radius 2 is 1.11 bits per heavy atom. The Morgan fingerprint density at radius 3 is 1.82 bits per heavy atom. The Balaban J connectivity index is 1.59. The number of aromatic nitrogens is 1. The summed E-state index contributed by atoms with van der Waals surface area (Å²) in [5.74, 6) is 0. The quantitative estimate of drug-likeness (QED) is 0.215. The van der Waals surface area contributed by atoms with Crippen LogP contribution in [0.2, 0.25) is 0 Å². The lowest BCUT2D eigenvalue weighted by molar-refractivity contribution is 0.667. The summed E-state index contributed by atoms with van der Waals surface area (Å²) in [4.78, 5) is 0. The largest absolute Gasteiger partial charge is 0.308 e. The van der Waals surface area contributed by atoms with Gasteiger partial charge in [0.05, 0.1) is 11.2 Å². The molecule has 180 valence electrons. The summed E-state index contributed by atoms with van der Waals surface area (Å²) in [6.07, 6.45) is 0. The molecule has 0 saturated carbocycles. The highest BCUT2D eigenvalue weighted by atomic mass is 15.0. The first-order valence-electron chi connectivity index (χ1n) is 13.4. The van der Waals surface area contributed by atoms with Gasteiger partial charge in [-0.05, 0) is 56.6 Å². The van der Waals surface area contributed by atoms with Crippen molar-refractivity contribution in [2.75, 3.05) is 0 Å². The maximum absolute atomic E-state index is 2.54. The van der Waals surface area contributed by atoms with Crippen molar-refractivity contribution in [2.24, 2.45) is 0 Å². The molecule has 0 saturated heterocycles. The number of rotatable bonds is 2. The zero-order valence-electron chi connectivity index (χ0n) is 21.6. The van der Waals surface area contributed by atoms with Gasteiger partial charge in [-0.2, -0.15) is 0 Å². The van der Waals surface area contributed by atoms with Crippen LogP contribution in [0, 0.1) is 0 Å². The molecule has 7 aromatic rings. The fourth-order valence-electron chi connectivity index (χ4n) is 6.86. The first-order chi connectivity index (χ1) is 18.6. The van der Waals surface area contributed by atoms with Crippen molar-refractivity contribution in [1.82, 2.24) is 4.57 Å². The molecule has 6 aromatic carbocycles. The van der Waals surface area contributed by atoms with Crippen molar-refractivity contribution in [2.45, 2.75) is 19.3 Å². The maximum Gasteiger partial charge on any atom is 0.0623 e. The summed E-state index contributed by atoms with van der Waals surface area (Å²) in [7, 11) is 0. The molecule has 0 bridgehead atoms. The van der Waals surface area contributed by atoms with Gasteiger partial charge in [0.1, 0.15) is 0 Å². The van der Waals surface area contributed by atoms with E-state index in [9.17, 15) is 0 Å². The van der Waals surface area contributed by atoms with Crippen molar-refractivity contribution < 1.29 is 0 Å². The summed E-state index contributed by atoms with van der Waals surface area (Å²) in [5.41, 5.74) is 10.4. The molecule has 0 amide bonds. The predicted octanol–water partition coefficient (Wildman–Crippen LogP) is 9.91. The molecule has 0 atom stereocenters. The number of para-hydroxylation sites is 1. The van der Waals surface area contributed by atoms with Gasteiger partial charge in [-0.3, -0.25) is 0 Å². The molecule has 0 unspecified atom stereocenters. The Morgan fingerprint density at radius 1 is 0.526 bits per heavy atom. The van der Waals surface area contributed by atoms with Gasteiger partial charge < -0.3 is 4.57 Å². The highest BCUT2D eigenvalue weighted by Gasteiger charge is 2.41. The van der Waals surface area contributed by atoms with Crippen LogP contribution in [0.25, 0.3) is 60.5 Å². The van der Waals surface area contributed by atoms with Gasteiger partial charge in [0.15, 0.2) is 0 Å². The van der Waals surface area contributed by atoms with E-state index < -0.39 is 0 Å². The number of hydrogen-bond donors (Lipinski definition) is 0. The van der Waals surface area contributed by atoms with Crippen molar-refractivity contribution in [1.29, 1.82) is 0 Å². The maximum atomic E-state index is 2.54. The third-order valence-corrected chi connectivity index (χ3v) is 8.53. The first kappa shape index (κ1) is 21.5. The normalized spacial score (nSPS) is 13.7. The molecule has 1 aliphatic carbocycles. The number of fused-ring (bicyclic) bond motifs is 10. The molecule has 1 aromatic heterocycles. The molecule has 1 aliphatic rings. The average Bonchev–Trinajstić information content (AvgIpc) is 3.45. The van der Waals surface area contributed by atoms with Gasteiger partial charge in [-0.15, -0.1) is 0 Å². The summed E-state index contributed by atoms with van der Waals surface area (Å²) in [6.45, 7) is 4.82. The Kier molecular flexibility index (Phi) is 4.35. The third kappa shape index (κ3) is 2.76. The molecule has 0 aliphatic heterocycles. The van der Waals surface area contributed by atoms with Crippen molar-refractivity contribution in [3.63, 3.8) is 0 Å². The highest BCUT2D eigenvalue weighted by molar-refractivity contribution is 6.27. The second-order valence-corrected chi connectivity index (χ2v) is 11.0. The monoisotopic (exact) mass is 485 g/mol. The molecule has 0 N–H and O–H groups in total. The van der Waals surface area contributed by atoms with Crippen molar-refractivity contribution in [3.05, 3.63) is 139 Å². The van der Waals surface area contributed by atoms with E-state index in [2.05, 4.69) is 146 Å². The molecule has 1 nitrogen and oxygen atoms in total. The molecule has 0 spiro atoms. The van der Waals surface area contributed by atoms with Crippen LogP contribution < -0.4 is 0 Å². The third-order valence-electron chi connectivity index (χ3n) is 8.53. The number of hydrogen-bond acceptors (Lipinski definition) is 0. The van der Waals surface area contributed by atoms with Crippen LogP contribution in [0.3, 0.4) is 0 Å². The topological polar surface area (TPSA) is 4.93 Å². The van der Waals surface area contributed by atoms with E-state index in [0.717, 1.165) is 0 Å². The Bertz CT molecular complexity index is 2030. The molecule has 8 rings (SSSR count). The Labute approximate surface area is 222 Å². The van der Waals surface area contributed by atoms with Crippen LogP contribution in [0.1, 0.15) is 25.0 Å². The van der Waals surface area contributed by atoms with Crippen LogP contribution >= 0.6 is 0 Å². The second kappa shape index (κ2) is 7.69. The molecule has 1 heteroatoms. The van der Waals surface area contributed by atoms with Crippen LogP contribution in [-0.2, 0) is 5.41 Å². The van der Waals surface area contributed by atoms with Gasteiger partial charge >= 0.3 is 0 Å². The minimum absolute atomic E-state index is 0.154. The van der Waals surface area contributed by atoms with Gasteiger partial charge in [-0.1, -0.05) is 123 Å². The minimum Gasteiger partial charge on any atom is -0.308 e. The zero-order chi connectivity index (χ0) is 25.4. The van der Waals surface area contributed by atoms with Gasteiger partial charge in [0, 0.05) is 27.4 Å². The SMILES string of the molecule is CC1(C)c2cc(-c3ccccc3)ccc2-c2c1c1c3ccccc3c3ccccc3c1n2-c1ccccc1. The summed E-state index contributed by atoms with van der Waals surface area (Å²) >= 11 is 0. The fraction of sp³-hybridized carbons (Fsp3) is 0.0811. The molecule has 0 radical (unpaired) electrons. The summed E-state index contributed by atoms with van der Waals surface area (Å²) in [6, 6.07) is 46.6. The first-order valence-corrected chi connectivity index (χ1v) is 13.4.